The van der Waals surface area contributed by atoms with Crippen molar-refractivity contribution in [1.29, 1.82) is 0 Å². The molecule has 7 nitrogen and oxygen atoms in total. The maximum atomic E-state index is 12.5. The van der Waals surface area contributed by atoms with Gasteiger partial charge in [0.2, 0.25) is 15.9 Å². The Morgan fingerprint density at radius 2 is 1.79 bits per heavy atom. The Morgan fingerprint density at radius 3 is 2.36 bits per heavy atom. The van der Waals surface area contributed by atoms with E-state index in [1.54, 1.807) is 37.4 Å². The van der Waals surface area contributed by atoms with Crippen molar-refractivity contribution in [3.8, 4) is 11.5 Å². The van der Waals surface area contributed by atoms with Gasteiger partial charge in [-0.25, -0.2) is 8.42 Å². The highest BCUT2D eigenvalue weighted by atomic mass is 32.2. The molecule has 28 heavy (non-hydrogen) atoms. The van der Waals surface area contributed by atoms with Crippen LogP contribution in [0.15, 0.2) is 42.5 Å². The Kier molecular flexibility index (Phi) is 6.90. The van der Waals surface area contributed by atoms with Crippen LogP contribution in [0.2, 0.25) is 0 Å². The van der Waals surface area contributed by atoms with Gasteiger partial charge in [-0.15, -0.1) is 0 Å². The number of rotatable bonds is 8. The van der Waals surface area contributed by atoms with Gasteiger partial charge in [-0.3, -0.25) is 9.10 Å². The molecule has 8 heteroatoms. The Hall–Kier alpha value is -2.74. The highest BCUT2D eigenvalue weighted by Crippen LogP contribution is 2.30. The molecule has 1 amide bonds. The average molecular weight is 407 g/mol. The van der Waals surface area contributed by atoms with Gasteiger partial charge in [-0.1, -0.05) is 18.2 Å². The Morgan fingerprint density at radius 1 is 1.11 bits per heavy atom. The molecule has 0 radical (unpaired) electrons. The SMILES string of the molecule is COc1ccc([C@@H](C)NC(=O)CN(c2cccc(C)c2)S(C)(=O)=O)cc1OC. The van der Waals surface area contributed by atoms with E-state index in [-0.39, 0.29) is 12.6 Å². The average Bonchev–Trinajstić information content (AvgIpc) is 2.64. The topological polar surface area (TPSA) is 84.9 Å². The van der Waals surface area contributed by atoms with Gasteiger partial charge in [-0.2, -0.15) is 0 Å². The molecule has 0 aliphatic carbocycles. The van der Waals surface area contributed by atoms with Gasteiger partial charge in [0, 0.05) is 0 Å². The maximum absolute atomic E-state index is 12.5. The molecule has 0 heterocycles. The van der Waals surface area contributed by atoms with Crippen molar-refractivity contribution < 1.29 is 22.7 Å². The summed E-state index contributed by atoms with van der Waals surface area (Å²) in [6, 6.07) is 12.0. The zero-order valence-electron chi connectivity index (χ0n) is 16.7. The number of nitrogens with zero attached hydrogens (tertiary/aromatic N) is 1. The van der Waals surface area contributed by atoms with E-state index in [4.69, 9.17) is 9.47 Å². The fourth-order valence-electron chi connectivity index (χ4n) is 2.81. The molecule has 0 bridgehead atoms. The molecule has 0 spiro atoms. The van der Waals surface area contributed by atoms with Crippen LogP contribution in [0.25, 0.3) is 0 Å². The monoisotopic (exact) mass is 406 g/mol. The van der Waals surface area contributed by atoms with Crippen LogP contribution in [0.1, 0.15) is 24.1 Å². The fourth-order valence-corrected chi connectivity index (χ4v) is 3.65. The van der Waals surface area contributed by atoms with Gasteiger partial charge in [0.25, 0.3) is 0 Å². The lowest BCUT2D eigenvalue weighted by Gasteiger charge is -2.23. The number of nitrogens with one attached hydrogen (secondary N) is 1. The van der Waals surface area contributed by atoms with Crippen molar-refractivity contribution in [3.05, 3.63) is 53.6 Å². The standard InChI is InChI=1S/C20H26N2O5S/c1-14-7-6-8-17(11-14)22(28(5,24)25)13-20(23)21-15(2)16-9-10-18(26-3)19(12-16)27-4/h6-12,15H,13H2,1-5H3,(H,21,23)/t15-/m1/s1. The fraction of sp³-hybridized carbons (Fsp3) is 0.350. The summed E-state index contributed by atoms with van der Waals surface area (Å²) < 4.78 is 36.0. The van der Waals surface area contributed by atoms with E-state index in [0.717, 1.165) is 21.7 Å². The van der Waals surface area contributed by atoms with E-state index in [1.807, 2.05) is 26.0 Å². The lowest BCUT2D eigenvalue weighted by Crippen LogP contribution is -2.41. The van der Waals surface area contributed by atoms with E-state index in [2.05, 4.69) is 5.32 Å². The maximum Gasteiger partial charge on any atom is 0.241 e. The van der Waals surface area contributed by atoms with Gasteiger partial charge in [0.15, 0.2) is 11.5 Å². The van der Waals surface area contributed by atoms with Crippen LogP contribution in [-0.2, 0) is 14.8 Å². The minimum atomic E-state index is -3.61. The van der Waals surface area contributed by atoms with E-state index in [1.165, 1.54) is 7.11 Å². The van der Waals surface area contributed by atoms with E-state index >= 15 is 0 Å². The van der Waals surface area contributed by atoms with Gasteiger partial charge in [0.1, 0.15) is 6.54 Å². The first kappa shape index (κ1) is 21.6. The highest BCUT2D eigenvalue weighted by molar-refractivity contribution is 7.92. The molecule has 152 valence electrons. The summed E-state index contributed by atoms with van der Waals surface area (Å²) in [5.74, 6) is 0.736. The number of carbonyl (C=O) groups is 1. The molecule has 2 aromatic carbocycles. The van der Waals surface area contributed by atoms with Crippen LogP contribution < -0.4 is 19.1 Å². The minimum absolute atomic E-state index is 0.306. The molecule has 1 N–H and O–H groups in total. The van der Waals surface area contributed by atoms with Crippen molar-refractivity contribution in [1.82, 2.24) is 5.32 Å². The quantitative estimate of drug-likeness (QED) is 0.729. The Balaban J connectivity index is 2.16. The van der Waals surface area contributed by atoms with Crippen molar-refractivity contribution in [2.75, 3.05) is 31.3 Å². The van der Waals surface area contributed by atoms with Crippen LogP contribution in [0.5, 0.6) is 11.5 Å². The van der Waals surface area contributed by atoms with E-state index < -0.39 is 15.9 Å². The van der Waals surface area contributed by atoms with Gasteiger partial charge >= 0.3 is 0 Å². The van der Waals surface area contributed by atoms with Gasteiger partial charge in [0.05, 0.1) is 32.2 Å². The molecule has 0 aliphatic heterocycles. The van der Waals surface area contributed by atoms with Crippen molar-refractivity contribution >= 4 is 21.6 Å². The largest absolute Gasteiger partial charge is 0.493 e. The van der Waals surface area contributed by atoms with Gasteiger partial charge < -0.3 is 14.8 Å². The lowest BCUT2D eigenvalue weighted by molar-refractivity contribution is -0.120. The normalized spacial score (nSPS) is 12.2. The number of methoxy groups -OCH3 is 2. The molecule has 0 saturated heterocycles. The molecular weight excluding hydrogens is 380 g/mol. The van der Waals surface area contributed by atoms with Crippen molar-refractivity contribution in [2.24, 2.45) is 0 Å². The number of anilines is 1. The smallest absolute Gasteiger partial charge is 0.241 e. The number of sulfonamides is 1. The number of hydrogen-bond acceptors (Lipinski definition) is 5. The van der Waals surface area contributed by atoms with Crippen molar-refractivity contribution in [3.63, 3.8) is 0 Å². The summed E-state index contributed by atoms with van der Waals surface area (Å²) in [5.41, 5.74) is 2.18. The van der Waals surface area contributed by atoms with Crippen molar-refractivity contribution in [2.45, 2.75) is 19.9 Å². The summed E-state index contributed by atoms with van der Waals surface area (Å²) in [4.78, 5) is 12.5. The third kappa shape index (κ3) is 5.39. The first-order valence-corrected chi connectivity index (χ1v) is 10.6. The molecular formula is C20H26N2O5S. The zero-order chi connectivity index (χ0) is 20.9. The van der Waals surface area contributed by atoms with Crippen LogP contribution in [0.3, 0.4) is 0 Å². The zero-order valence-corrected chi connectivity index (χ0v) is 17.5. The van der Waals surface area contributed by atoms with E-state index in [0.29, 0.717) is 17.2 Å². The number of carbonyl (C=O) groups excluding carboxylic acids is 1. The molecule has 0 aliphatic rings. The van der Waals surface area contributed by atoms with Gasteiger partial charge in [-0.05, 0) is 49.2 Å². The second-order valence-electron chi connectivity index (χ2n) is 6.51. The number of aryl methyl sites for hydroxylation is 1. The molecule has 2 aromatic rings. The summed E-state index contributed by atoms with van der Waals surface area (Å²) >= 11 is 0. The highest BCUT2D eigenvalue weighted by Gasteiger charge is 2.22. The third-order valence-corrected chi connectivity index (χ3v) is 5.40. The second kappa shape index (κ2) is 8.97. The second-order valence-corrected chi connectivity index (χ2v) is 8.42. The summed E-state index contributed by atoms with van der Waals surface area (Å²) in [5, 5.41) is 2.83. The van der Waals surface area contributed by atoms with E-state index in [9.17, 15) is 13.2 Å². The molecule has 2 rings (SSSR count). The Bertz CT molecular complexity index is 943. The number of ether oxygens (including phenoxy) is 2. The first-order chi connectivity index (χ1) is 13.2. The summed E-state index contributed by atoms with van der Waals surface area (Å²) in [6.45, 7) is 3.37. The predicted octanol–water partition coefficient (Wildman–Crippen LogP) is 2.66. The minimum Gasteiger partial charge on any atom is -0.493 e. The number of hydrogen-bond donors (Lipinski definition) is 1. The molecule has 0 fully saturated rings. The Labute approximate surface area is 166 Å². The molecule has 0 unspecified atom stereocenters. The first-order valence-electron chi connectivity index (χ1n) is 8.71. The molecule has 0 saturated carbocycles. The number of amides is 1. The third-order valence-electron chi connectivity index (χ3n) is 4.26. The number of benzene rings is 2. The van der Waals surface area contributed by atoms with Crippen LogP contribution in [-0.4, -0.2) is 41.3 Å². The molecule has 1 atom stereocenters. The van der Waals surface area contributed by atoms with Crippen LogP contribution in [0.4, 0.5) is 5.69 Å². The summed E-state index contributed by atoms with van der Waals surface area (Å²) in [7, 11) is -0.526. The van der Waals surface area contributed by atoms with Crippen LogP contribution >= 0.6 is 0 Å². The lowest BCUT2D eigenvalue weighted by atomic mass is 10.1. The van der Waals surface area contributed by atoms with Crippen LogP contribution in [0, 0.1) is 6.92 Å². The molecule has 0 aromatic heterocycles. The summed E-state index contributed by atoms with van der Waals surface area (Å²) in [6.07, 6.45) is 1.08. The predicted molar refractivity (Wildman–Crippen MR) is 109 cm³/mol.